The molecule has 3 atom stereocenters. The van der Waals surface area contributed by atoms with Gasteiger partial charge in [0.2, 0.25) is 0 Å². The first-order chi connectivity index (χ1) is 8.63. The Balaban J connectivity index is 1.83. The number of hydrogen-bond donors (Lipinski definition) is 0. The first kappa shape index (κ1) is 13.0. The van der Waals surface area contributed by atoms with Crippen LogP contribution >= 0.6 is 0 Å². The van der Waals surface area contributed by atoms with Gasteiger partial charge in [-0.2, -0.15) is 0 Å². The molecule has 100 valence electrons. The molecule has 0 aromatic heterocycles. The summed E-state index contributed by atoms with van der Waals surface area (Å²) >= 11 is 0. The van der Waals surface area contributed by atoms with Gasteiger partial charge in [-0.3, -0.25) is 4.90 Å². The molecule has 0 aromatic carbocycles. The zero-order valence-corrected chi connectivity index (χ0v) is 11.9. The van der Waals surface area contributed by atoms with E-state index in [0.717, 1.165) is 25.0 Å². The number of piperidine rings is 1. The van der Waals surface area contributed by atoms with Crippen LogP contribution in [0.3, 0.4) is 0 Å². The van der Waals surface area contributed by atoms with E-state index in [4.69, 9.17) is 12.6 Å². The molecule has 3 rings (SSSR count). The zero-order valence-electron chi connectivity index (χ0n) is 11.9. The van der Waals surface area contributed by atoms with Crippen LogP contribution in [0.25, 0.3) is 0 Å². The molecule has 2 heterocycles. The third-order valence-corrected chi connectivity index (χ3v) is 5.66. The number of likely N-dealkylation sites (tertiary alicyclic amines) is 1. The summed E-state index contributed by atoms with van der Waals surface area (Å²) in [5.41, 5.74) is 0.362. The standard InChI is InChI=1S/C15H26BNO/c1-11(2)17-8-7-12-3-4-13(16)5-6-14(12)15(17)9-18-10-15/h11-14H,3-10H2,1-2H3. The highest BCUT2D eigenvalue weighted by atomic mass is 16.5. The maximum Gasteiger partial charge on any atom is 0.0711 e. The van der Waals surface area contributed by atoms with E-state index in [1.165, 1.54) is 38.6 Å². The van der Waals surface area contributed by atoms with E-state index < -0.39 is 0 Å². The molecule has 3 unspecified atom stereocenters. The van der Waals surface area contributed by atoms with Crippen molar-refractivity contribution in [2.75, 3.05) is 19.8 Å². The molecular formula is C15H26BNO. The highest BCUT2D eigenvalue weighted by molar-refractivity contribution is 6.11. The van der Waals surface area contributed by atoms with E-state index in [2.05, 4.69) is 18.7 Å². The summed E-state index contributed by atoms with van der Waals surface area (Å²) in [4.78, 5) is 2.73. The van der Waals surface area contributed by atoms with Crippen LogP contribution in [0.2, 0.25) is 5.82 Å². The fourth-order valence-electron chi connectivity index (χ4n) is 4.66. The molecule has 3 aliphatic rings. The smallest absolute Gasteiger partial charge is 0.0711 e. The largest absolute Gasteiger partial charge is 0.377 e. The van der Waals surface area contributed by atoms with Gasteiger partial charge in [0.05, 0.1) is 26.6 Å². The molecule has 2 radical (unpaired) electrons. The molecule has 2 saturated heterocycles. The molecule has 3 fully saturated rings. The number of rotatable bonds is 1. The lowest BCUT2D eigenvalue weighted by atomic mass is 9.66. The zero-order chi connectivity index (χ0) is 12.8. The monoisotopic (exact) mass is 247 g/mol. The van der Waals surface area contributed by atoms with Crippen LogP contribution in [-0.2, 0) is 4.74 Å². The Bertz CT molecular complexity index is 303. The molecule has 2 aliphatic heterocycles. The quantitative estimate of drug-likeness (QED) is 0.660. The van der Waals surface area contributed by atoms with Crippen molar-refractivity contribution < 1.29 is 4.74 Å². The van der Waals surface area contributed by atoms with Crippen LogP contribution in [0.15, 0.2) is 0 Å². The predicted octanol–water partition coefficient (Wildman–Crippen LogP) is 2.63. The molecule has 3 heteroatoms. The molecule has 0 bridgehead atoms. The third kappa shape index (κ3) is 1.94. The number of nitrogens with zero attached hydrogens (tertiary/aromatic N) is 1. The van der Waals surface area contributed by atoms with Crippen LogP contribution in [0.5, 0.6) is 0 Å². The van der Waals surface area contributed by atoms with E-state index >= 15 is 0 Å². The van der Waals surface area contributed by atoms with Gasteiger partial charge in [0.25, 0.3) is 0 Å². The van der Waals surface area contributed by atoms with Gasteiger partial charge in [-0.15, -0.1) is 0 Å². The second-order valence-corrected chi connectivity index (χ2v) is 6.95. The van der Waals surface area contributed by atoms with E-state index in [1.54, 1.807) is 0 Å². The van der Waals surface area contributed by atoms with Gasteiger partial charge >= 0.3 is 0 Å². The van der Waals surface area contributed by atoms with E-state index in [0.29, 0.717) is 17.4 Å². The van der Waals surface area contributed by atoms with Crippen LogP contribution in [0.1, 0.15) is 46.0 Å². The summed E-state index contributed by atoms with van der Waals surface area (Å²) in [6.45, 7) is 7.85. The Hall–Kier alpha value is -0.0151. The molecule has 1 spiro atoms. The minimum Gasteiger partial charge on any atom is -0.377 e. The maximum absolute atomic E-state index is 6.19. The number of fused-ring (bicyclic) bond motifs is 2. The minimum atomic E-state index is 0.362. The van der Waals surface area contributed by atoms with Crippen LogP contribution < -0.4 is 0 Å². The van der Waals surface area contributed by atoms with Crippen LogP contribution in [0, 0.1) is 11.8 Å². The third-order valence-electron chi connectivity index (χ3n) is 5.66. The van der Waals surface area contributed by atoms with Crippen molar-refractivity contribution in [2.24, 2.45) is 11.8 Å². The summed E-state index contributed by atoms with van der Waals surface area (Å²) in [6.07, 6.45) is 6.49. The fourth-order valence-corrected chi connectivity index (χ4v) is 4.66. The van der Waals surface area contributed by atoms with E-state index in [-0.39, 0.29) is 0 Å². The second-order valence-electron chi connectivity index (χ2n) is 6.95. The summed E-state index contributed by atoms with van der Waals surface area (Å²) < 4.78 is 5.64. The van der Waals surface area contributed by atoms with Gasteiger partial charge in [-0.25, -0.2) is 0 Å². The van der Waals surface area contributed by atoms with Crippen molar-refractivity contribution in [3.63, 3.8) is 0 Å². The summed E-state index contributed by atoms with van der Waals surface area (Å²) in [5, 5.41) is 0. The summed E-state index contributed by atoms with van der Waals surface area (Å²) in [5.74, 6) is 2.18. The molecular weight excluding hydrogens is 221 g/mol. The minimum absolute atomic E-state index is 0.362. The molecule has 0 N–H and O–H groups in total. The predicted molar refractivity (Wildman–Crippen MR) is 75.0 cm³/mol. The normalized spacial score (nSPS) is 40.3. The van der Waals surface area contributed by atoms with Crippen molar-refractivity contribution in [3.05, 3.63) is 0 Å². The SMILES string of the molecule is [B]C1CCC2CCN(C(C)C)C3(COC3)C2CC1. The lowest BCUT2D eigenvalue weighted by Gasteiger charge is -2.60. The molecule has 18 heavy (non-hydrogen) atoms. The summed E-state index contributed by atoms with van der Waals surface area (Å²) in [6, 6.07) is 0.645. The van der Waals surface area contributed by atoms with E-state index in [1.807, 2.05) is 0 Å². The fraction of sp³-hybridized carbons (Fsp3) is 1.00. The molecule has 0 amide bonds. The Morgan fingerprint density at radius 2 is 1.83 bits per heavy atom. The average molecular weight is 247 g/mol. The Labute approximate surface area is 113 Å². The van der Waals surface area contributed by atoms with E-state index in [9.17, 15) is 0 Å². The average Bonchev–Trinajstić information content (AvgIpc) is 2.48. The molecule has 1 aliphatic carbocycles. The highest BCUT2D eigenvalue weighted by Crippen LogP contribution is 2.49. The topological polar surface area (TPSA) is 12.5 Å². The number of hydrogen-bond acceptors (Lipinski definition) is 2. The van der Waals surface area contributed by atoms with Crippen molar-refractivity contribution in [3.8, 4) is 0 Å². The summed E-state index contributed by atoms with van der Waals surface area (Å²) in [7, 11) is 6.19. The first-order valence-electron chi connectivity index (χ1n) is 7.73. The van der Waals surface area contributed by atoms with Crippen molar-refractivity contribution in [1.29, 1.82) is 0 Å². The van der Waals surface area contributed by atoms with Crippen molar-refractivity contribution >= 4 is 7.85 Å². The van der Waals surface area contributed by atoms with Gasteiger partial charge in [0.1, 0.15) is 0 Å². The first-order valence-corrected chi connectivity index (χ1v) is 7.73. The second kappa shape index (κ2) is 4.83. The lowest BCUT2D eigenvalue weighted by molar-refractivity contribution is -0.207. The van der Waals surface area contributed by atoms with Crippen LogP contribution in [0.4, 0.5) is 0 Å². The van der Waals surface area contributed by atoms with Gasteiger partial charge < -0.3 is 4.74 Å². The Morgan fingerprint density at radius 3 is 2.44 bits per heavy atom. The maximum atomic E-state index is 6.19. The van der Waals surface area contributed by atoms with Crippen molar-refractivity contribution in [2.45, 2.75) is 63.3 Å². The van der Waals surface area contributed by atoms with Gasteiger partial charge in [-0.05, 0) is 45.1 Å². The van der Waals surface area contributed by atoms with Crippen molar-refractivity contribution in [1.82, 2.24) is 4.90 Å². The Kier molecular flexibility index (Phi) is 3.48. The Morgan fingerprint density at radius 1 is 1.11 bits per heavy atom. The van der Waals surface area contributed by atoms with Gasteiger partial charge in [0, 0.05) is 6.04 Å². The van der Waals surface area contributed by atoms with Gasteiger partial charge in [0.15, 0.2) is 0 Å². The highest BCUT2D eigenvalue weighted by Gasteiger charge is 2.55. The van der Waals surface area contributed by atoms with Gasteiger partial charge in [-0.1, -0.05) is 25.1 Å². The molecule has 1 saturated carbocycles. The molecule has 0 aromatic rings. The number of ether oxygens (including phenoxy) is 1. The lowest BCUT2D eigenvalue weighted by Crippen LogP contribution is -2.71. The molecule has 2 nitrogen and oxygen atoms in total. The van der Waals surface area contributed by atoms with Crippen LogP contribution in [-0.4, -0.2) is 44.1 Å².